The smallest absolute Gasteiger partial charge is 0.0760 e. The zero-order valence-electron chi connectivity index (χ0n) is 10.9. The van der Waals surface area contributed by atoms with Crippen LogP contribution in [0.3, 0.4) is 0 Å². The fraction of sp³-hybridized carbons (Fsp3) is 0.733. The Labute approximate surface area is 101 Å². The molecule has 0 aliphatic heterocycles. The van der Waals surface area contributed by atoms with Crippen molar-refractivity contribution >= 4 is 0 Å². The molecule has 0 amide bonds. The summed E-state index contributed by atoms with van der Waals surface area (Å²) < 4.78 is 5.91. The van der Waals surface area contributed by atoms with E-state index in [1.807, 2.05) is 0 Å². The first-order valence-corrected chi connectivity index (χ1v) is 6.83. The Morgan fingerprint density at radius 2 is 2.31 bits per heavy atom. The summed E-state index contributed by atoms with van der Waals surface area (Å²) in [7, 11) is 0. The van der Waals surface area contributed by atoms with Gasteiger partial charge in [-0.1, -0.05) is 44.9 Å². The van der Waals surface area contributed by atoms with Crippen molar-refractivity contribution in [1.29, 1.82) is 0 Å². The molecule has 0 radical (unpaired) electrons. The van der Waals surface area contributed by atoms with Crippen molar-refractivity contribution in [3.05, 3.63) is 23.8 Å². The van der Waals surface area contributed by atoms with Gasteiger partial charge in [-0.25, -0.2) is 0 Å². The molecule has 1 unspecified atom stereocenters. The maximum atomic E-state index is 5.91. The van der Waals surface area contributed by atoms with E-state index in [1.165, 1.54) is 44.1 Å². The van der Waals surface area contributed by atoms with Gasteiger partial charge in [0, 0.05) is 0 Å². The number of ether oxygens (including phenoxy) is 1. The van der Waals surface area contributed by atoms with Crippen molar-refractivity contribution in [2.24, 2.45) is 0 Å². The van der Waals surface area contributed by atoms with Crippen molar-refractivity contribution in [2.75, 3.05) is 6.61 Å². The van der Waals surface area contributed by atoms with E-state index in [4.69, 9.17) is 4.74 Å². The first kappa shape index (κ1) is 13.5. The summed E-state index contributed by atoms with van der Waals surface area (Å²) in [6.07, 6.45) is 15.8. The third-order valence-electron chi connectivity index (χ3n) is 3.14. The van der Waals surface area contributed by atoms with Crippen LogP contribution >= 0.6 is 0 Å². The van der Waals surface area contributed by atoms with Crippen molar-refractivity contribution in [3.8, 4) is 0 Å². The van der Waals surface area contributed by atoms with Crippen molar-refractivity contribution in [1.82, 2.24) is 0 Å². The van der Waals surface area contributed by atoms with Gasteiger partial charge < -0.3 is 4.74 Å². The van der Waals surface area contributed by atoms with Gasteiger partial charge in [-0.2, -0.15) is 0 Å². The molecule has 0 saturated carbocycles. The Hall–Kier alpha value is -0.560. The van der Waals surface area contributed by atoms with Gasteiger partial charge in [-0.05, 0) is 37.7 Å². The lowest BCUT2D eigenvalue weighted by molar-refractivity contribution is 0.0916. The van der Waals surface area contributed by atoms with Gasteiger partial charge in [-0.3, -0.25) is 0 Å². The summed E-state index contributed by atoms with van der Waals surface area (Å²) in [5.74, 6) is 0. The van der Waals surface area contributed by atoms with Crippen LogP contribution in [0.25, 0.3) is 0 Å². The van der Waals surface area contributed by atoms with Gasteiger partial charge in [0.2, 0.25) is 0 Å². The standard InChI is InChI=1S/C15H26O/c1-3-5-7-10-14(4-2)13-16-15-11-8-6-9-12-15/h8,10-11,15H,3-7,9,12-13H2,1-2H3/b14-10+. The summed E-state index contributed by atoms with van der Waals surface area (Å²) in [5.41, 5.74) is 1.47. The lowest BCUT2D eigenvalue weighted by Gasteiger charge is -2.18. The number of hydrogen-bond acceptors (Lipinski definition) is 1. The Morgan fingerprint density at radius 1 is 1.44 bits per heavy atom. The van der Waals surface area contributed by atoms with Crippen LogP contribution in [0.1, 0.15) is 58.8 Å². The molecule has 0 spiro atoms. The molecular formula is C15H26O. The Bertz CT molecular complexity index is 228. The van der Waals surface area contributed by atoms with E-state index in [0.29, 0.717) is 6.10 Å². The molecule has 0 heterocycles. The highest BCUT2D eigenvalue weighted by Gasteiger charge is 2.08. The maximum Gasteiger partial charge on any atom is 0.0760 e. The second kappa shape index (κ2) is 8.58. The van der Waals surface area contributed by atoms with Crippen LogP contribution in [0.4, 0.5) is 0 Å². The fourth-order valence-corrected chi connectivity index (χ4v) is 1.95. The number of allylic oxidation sites excluding steroid dienone is 2. The Morgan fingerprint density at radius 3 is 2.94 bits per heavy atom. The Kier molecular flexibility index (Phi) is 7.24. The molecule has 0 N–H and O–H groups in total. The normalized spacial score (nSPS) is 21.4. The molecule has 92 valence electrons. The van der Waals surface area contributed by atoms with Crippen LogP contribution in [0.2, 0.25) is 0 Å². The molecule has 1 atom stereocenters. The third kappa shape index (κ3) is 5.50. The fourth-order valence-electron chi connectivity index (χ4n) is 1.95. The summed E-state index contributed by atoms with van der Waals surface area (Å²) in [5, 5.41) is 0. The molecule has 1 aliphatic carbocycles. The third-order valence-corrected chi connectivity index (χ3v) is 3.14. The molecule has 16 heavy (non-hydrogen) atoms. The minimum atomic E-state index is 0.370. The predicted molar refractivity (Wildman–Crippen MR) is 70.6 cm³/mol. The van der Waals surface area contributed by atoms with E-state index in [9.17, 15) is 0 Å². The quantitative estimate of drug-likeness (QED) is 0.450. The molecule has 0 saturated heterocycles. The van der Waals surface area contributed by atoms with Crippen LogP contribution in [0.15, 0.2) is 23.8 Å². The van der Waals surface area contributed by atoms with E-state index in [0.717, 1.165) is 13.0 Å². The monoisotopic (exact) mass is 222 g/mol. The SMILES string of the molecule is CCCC/C=C(\CC)COC1C=CCCC1. The number of unbranched alkanes of at least 4 members (excludes halogenated alkanes) is 2. The zero-order chi connectivity index (χ0) is 11.6. The molecule has 0 bridgehead atoms. The highest BCUT2D eigenvalue weighted by Crippen LogP contribution is 2.15. The van der Waals surface area contributed by atoms with E-state index in [1.54, 1.807) is 0 Å². The molecule has 0 aromatic carbocycles. The van der Waals surface area contributed by atoms with Gasteiger partial charge in [-0.15, -0.1) is 0 Å². The molecular weight excluding hydrogens is 196 g/mol. The molecule has 0 fully saturated rings. The molecule has 0 aromatic heterocycles. The van der Waals surface area contributed by atoms with E-state index in [-0.39, 0.29) is 0 Å². The molecule has 1 aliphatic rings. The predicted octanol–water partition coefficient (Wildman–Crippen LogP) is 4.64. The van der Waals surface area contributed by atoms with Crippen molar-refractivity contribution in [2.45, 2.75) is 64.9 Å². The maximum absolute atomic E-state index is 5.91. The van der Waals surface area contributed by atoms with Crippen molar-refractivity contribution in [3.63, 3.8) is 0 Å². The van der Waals surface area contributed by atoms with Crippen LogP contribution in [-0.2, 0) is 4.74 Å². The minimum absolute atomic E-state index is 0.370. The summed E-state index contributed by atoms with van der Waals surface area (Å²) >= 11 is 0. The van der Waals surface area contributed by atoms with Crippen LogP contribution in [-0.4, -0.2) is 12.7 Å². The van der Waals surface area contributed by atoms with E-state index >= 15 is 0 Å². The van der Waals surface area contributed by atoms with E-state index < -0.39 is 0 Å². The molecule has 1 heteroatoms. The van der Waals surface area contributed by atoms with Crippen LogP contribution in [0, 0.1) is 0 Å². The molecule has 0 aromatic rings. The second-order valence-corrected chi connectivity index (χ2v) is 4.57. The number of hydrogen-bond donors (Lipinski definition) is 0. The second-order valence-electron chi connectivity index (χ2n) is 4.57. The lowest BCUT2D eigenvalue weighted by atomic mass is 10.1. The average molecular weight is 222 g/mol. The largest absolute Gasteiger partial charge is 0.370 e. The highest BCUT2D eigenvalue weighted by molar-refractivity contribution is 5.03. The Balaban J connectivity index is 2.24. The van der Waals surface area contributed by atoms with Gasteiger partial charge in [0.15, 0.2) is 0 Å². The molecule has 1 nitrogen and oxygen atoms in total. The van der Waals surface area contributed by atoms with Crippen LogP contribution < -0.4 is 0 Å². The summed E-state index contributed by atoms with van der Waals surface area (Å²) in [4.78, 5) is 0. The highest BCUT2D eigenvalue weighted by atomic mass is 16.5. The van der Waals surface area contributed by atoms with E-state index in [2.05, 4.69) is 32.1 Å². The van der Waals surface area contributed by atoms with Gasteiger partial charge in [0.25, 0.3) is 0 Å². The zero-order valence-corrected chi connectivity index (χ0v) is 10.9. The lowest BCUT2D eigenvalue weighted by Crippen LogP contribution is -2.14. The first-order chi connectivity index (χ1) is 7.86. The van der Waals surface area contributed by atoms with Gasteiger partial charge in [0.1, 0.15) is 0 Å². The first-order valence-electron chi connectivity index (χ1n) is 6.83. The molecule has 1 rings (SSSR count). The summed E-state index contributed by atoms with van der Waals surface area (Å²) in [6.45, 7) is 5.29. The van der Waals surface area contributed by atoms with Gasteiger partial charge >= 0.3 is 0 Å². The average Bonchev–Trinajstić information content (AvgIpc) is 2.35. The summed E-state index contributed by atoms with van der Waals surface area (Å²) in [6, 6.07) is 0. The van der Waals surface area contributed by atoms with Crippen molar-refractivity contribution < 1.29 is 4.74 Å². The number of rotatable bonds is 7. The van der Waals surface area contributed by atoms with Gasteiger partial charge in [0.05, 0.1) is 12.7 Å². The topological polar surface area (TPSA) is 9.23 Å². The minimum Gasteiger partial charge on any atom is -0.370 e. The van der Waals surface area contributed by atoms with Crippen LogP contribution in [0.5, 0.6) is 0 Å².